The van der Waals surface area contributed by atoms with E-state index in [4.69, 9.17) is 0 Å². The smallest absolute Gasteiger partial charge is 0.207 e. The minimum absolute atomic E-state index is 0.477. The quantitative estimate of drug-likeness (QED) is 0.803. The standard InChI is InChI=1S/C12H14N2O/c1-13-7-8-14(10-13)9-12(15)11-5-3-2-4-6-11/h2-8,12,15H,9H2,1H3. The molecular weight excluding hydrogens is 188 g/mol. The first-order valence-electron chi connectivity index (χ1n) is 4.93. The summed E-state index contributed by atoms with van der Waals surface area (Å²) < 4.78 is 0. The highest BCUT2D eigenvalue weighted by Gasteiger charge is 2.15. The highest BCUT2D eigenvalue weighted by molar-refractivity contribution is 5.18. The van der Waals surface area contributed by atoms with Crippen molar-refractivity contribution in [2.75, 3.05) is 13.6 Å². The molecule has 0 saturated heterocycles. The second-order valence-electron chi connectivity index (χ2n) is 3.59. The fraction of sp³-hybridized carbons (Fsp3) is 0.250. The topological polar surface area (TPSA) is 26.7 Å². The lowest BCUT2D eigenvalue weighted by Gasteiger charge is -2.19. The average Bonchev–Trinajstić information content (AvgIpc) is 2.65. The molecule has 0 fully saturated rings. The SMILES string of the molecule is CN1[C]N(CC(O)c2ccccc2)C=C1. The Morgan fingerprint density at radius 3 is 2.60 bits per heavy atom. The summed E-state index contributed by atoms with van der Waals surface area (Å²) in [5, 5.41) is 9.93. The first kappa shape index (κ1) is 10.1. The Bertz CT molecular complexity index is 337. The van der Waals surface area contributed by atoms with Gasteiger partial charge in [0.05, 0.1) is 12.6 Å². The lowest BCUT2D eigenvalue weighted by molar-refractivity contribution is 0.142. The predicted octanol–water partition coefficient (Wildman–Crippen LogP) is 1.43. The zero-order valence-corrected chi connectivity index (χ0v) is 8.67. The summed E-state index contributed by atoms with van der Waals surface area (Å²) in [6, 6.07) is 9.65. The highest BCUT2D eigenvalue weighted by Crippen LogP contribution is 2.17. The van der Waals surface area contributed by atoms with Crippen LogP contribution in [0.1, 0.15) is 11.7 Å². The van der Waals surface area contributed by atoms with Crippen LogP contribution in [0.3, 0.4) is 0 Å². The second-order valence-corrected chi connectivity index (χ2v) is 3.59. The second kappa shape index (κ2) is 4.36. The van der Waals surface area contributed by atoms with Crippen molar-refractivity contribution in [1.29, 1.82) is 0 Å². The van der Waals surface area contributed by atoms with Crippen molar-refractivity contribution in [3.05, 3.63) is 55.0 Å². The van der Waals surface area contributed by atoms with Gasteiger partial charge < -0.3 is 14.9 Å². The average molecular weight is 202 g/mol. The van der Waals surface area contributed by atoms with Crippen LogP contribution in [0.2, 0.25) is 0 Å². The molecule has 0 aliphatic carbocycles. The molecule has 1 unspecified atom stereocenters. The van der Waals surface area contributed by atoms with Gasteiger partial charge in [-0.25, -0.2) is 0 Å². The van der Waals surface area contributed by atoms with Crippen LogP contribution < -0.4 is 0 Å². The first-order chi connectivity index (χ1) is 7.25. The third-order valence-electron chi connectivity index (χ3n) is 2.31. The normalized spacial score (nSPS) is 17.2. The van der Waals surface area contributed by atoms with Crippen LogP contribution in [-0.2, 0) is 0 Å². The molecule has 0 aromatic heterocycles. The van der Waals surface area contributed by atoms with E-state index in [1.54, 1.807) is 0 Å². The summed E-state index contributed by atoms with van der Waals surface area (Å²) >= 11 is 0. The Labute approximate surface area is 90.2 Å². The van der Waals surface area contributed by atoms with E-state index in [1.807, 2.05) is 59.6 Å². The van der Waals surface area contributed by atoms with Gasteiger partial charge in [-0.15, -0.1) is 0 Å². The Morgan fingerprint density at radius 1 is 1.27 bits per heavy atom. The number of nitrogens with zero attached hydrogens (tertiary/aromatic N) is 2. The van der Waals surface area contributed by atoms with Crippen LogP contribution in [0, 0.1) is 6.67 Å². The van der Waals surface area contributed by atoms with Crippen molar-refractivity contribution >= 4 is 0 Å². The molecule has 0 spiro atoms. The fourth-order valence-electron chi connectivity index (χ4n) is 1.52. The van der Waals surface area contributed by atoms with Gasteiger partial charge in [-0.05, 0) is 5.56 Å². The Kier molecular flexibility index (Phi) is 2.92. The highest BCUT2D eigenvalue weighted by atomic mass is 16.3. The van der Waals surface area contributed by atoms with E-state index in [0.717, 1.165) is 5.56 Å². The monoisotopic (exact) mass is 202 g/mol. The summed E-state index contributed by atoms with van der Waals surface area (Å²) in [7, 11) is 1.91. The molecule has 3 heteroatoms. The summed E-state index contributed by atoms with van der Waals surface area (Å²) in [5.41, 5.74) is 0.933. The maximum absolute atomic E-state index is 9.93. The Hall–Kier alpha value is -1.48. The van der Waals surface area contributed by atoms with Crippen molar-refractivity contribution < 1.29 is 5.11 Å². The van der Waals surface area contributed by atoms with Gasteiger partial charge in [-0.2, -0.15) is 0 Å². The summed E-state index contributed by atoms with van der Waals surface area (Å²) in [4.78, 5) is 3.68. The molecule has 0 saturated carbocycles. The molecule has 15 heavy (non-hydrogen) atoms. The van der Waals surface area contributed by atoms with E-state index in [2.05, 4.69) is 6.67 Å². The van der Waals surface area contributed by atoms with E-state index in [-0.39, 0.29) is 0 Å². The minimum atomic E-state index is -0.477. The number of hydrogen-bond acceptors (Lipinski definition) is 3. The van der Waals surface area contributed by atoms with E-state index in [1.165, 1.54) is 0 Å². The molecule has 1 aromatic rings. The van der Waals surface area contributed by atoms with Crippen LogP contribution in [0.15, 0.2) is 42.7 Å². The molecule has 78 valence electrons. The maximum atomic E-state index is 9.93. The van der Waals surface area contributed by atoms with E-state index < -0.39 is 6.10 Å². The van der Waals surface area contributed by atoms with Gasteiger partial charge in [0.1, 0.15) is 0 Å². The van der Waals surface area contributed by atoms with Gasteiger partial charge in [-0.1, -0.05) is 30.3 Å². The molecule has 1 N–H and O–H groups in total. The number of benzene rings is 1. The van der Waals surface area contributed by atoms with Crippen LogP contribution in [-0.4, -0.2) is 28.5 Å². The molecule has 2 rings (SSSR count). The van der Waals surface area contributed by atoms with Crippen molar-refractivity contribution in [3.63, 3.8) is 0 Å². The molecule has 1 aromatic carbocycles. The van der Waals surface area contributed by atoms with Crippen LogP contribution in [0.4, 0.5) is 0 Å². The minimum Gasteiger partial charge on any atom is -0.387 e. The molecule has 2 radical (unpaired) electrons. The van der Waals surface area contributed by atoms with Crippen molar-refractivity contribution in [3.8, 4) is 0 Å². The van der Waals surface area contributed by atoms with E-state index in [9.17, 15) is 5.11 Å². The van der Waals surface area contributed by atoms with Crippen LogP contribution >= 0.6 is 0 Å². The van der Waals surface area contributed by atoms with Gasteiger partial charge in [-0.3, -0.25) is 0 Å². The molecule has 0 bridgehead atoms. The summed E-state index contributed by atoms with van der Waals surface area (Å²) in [6.45, 7) is 3.58. The van der Waals surface area contributed by atoms with Crippen molar-refractivity contribution in [2.45, 2.75) is 6.10 Å². The maximum Gasteiger partial charge on any atom is 0.207 e. The molecule has 1 aliphatic rings. The van der Waals surface area contributed by atoms with Crippen LogP contribution in [0.5, 0.6) is 0 Å². The Balaban J connectivity index is 1.93. The number of hydrogen-bond donors (Lipinski definition) is 1. The number of aliphatic hydroxyl groups excluding tert-OH is 1. The predicted molar refractivity (Wildman–Crippen MR) is 58.3 cm³/mol. The molecular formula is C12H14N2O. The van der Waals surface area contributed by atoms with Gasteiger partial charge in [0, 0.05) is 19.4 Å². The Morgan fingerprint density at radius 2 is 2.00 bits per heavy atom. The van der Waals surface area contributed by atoms with E-state index in [0.29, 0.717) is 6.54 Å². The van der Waals surface area contributed by atoms with Gasteiger partial charge in [0.2, 0.25) is 6.67 Å². The van der Waals surface area contributed by atoms with E-state index >= 15 is 0 Å². The molecule has 3 nitrogen and oxygen atoms in total. The number of rotatable bonds is 3. The van der Waals surface area contributed by atoms with Gasteiger partial charge >= 0.3 is 0 Å². The lowest BCUT2D eigenvalue weighted by atomic mass is 10.1. The summed E-state index contributed by atoms with van der Waals surface area (Å²) in [5.74, 6) is 0. The molecule has 1 aliphatic heterocycles. The van der Waals surface area contributed by atoms with Crippen molar-refractivity contribution in [2.24, 2.45) is 0 Å². The first-order valence-corrected chi connectivity index (χ1v) is 4.93. The third-order valence-corrected chi connectivity index (χ3v) is 2.31. The van der Waals surface area contributed by atoms with Crippen molar-refractivity contribution in [1.82, 2.24) is 9.80 Å². The number of aliphatic hydroxyl groups is 1. The molecule has 1 atom stereocenters. The third kappa shape index (κ3) is 2.50. The fourth-order valence-corrected chi connectivity index (χ4v) is 1.52. The zero-order chi connectivity index (χ0) is 10.7. The number of β-amino-alcohol motifs (C(OH)–C–C–N with tert-alkyl or cyclic N) is 1. The lowest BCUT2D eigenvalue weighted by Crippen LogP contribution is -2.22. The zero-order valence-electron chi connectivity index (χ0n) is 8.67. The molecule has 0 amide bonds. The van der Waals surface area contributed by atoms with Gasteiger partial charge in [0.15, 0.2) is 0 Å². The van der Waals surface area contributed by atoms with Gasteiger partial charge in [0.25, 0.3) is 0 Å². The molecule has 1 heterocycles. The largest absolute Gasteiger partial charge is 0.387 e. The summed E-state index contributed by atoms with van der Waals surface area (Å²) in [6.07, 6.45) is 3.32. The van der Waals surface area contributed by atoms with Crippen LogP contribution in [0.25, 0.3) is 0 Å².